The molecule has 0 aromatic carbocycles. The third-order valence-corrected chi connectivity index (χ3v) is 4.47. The molecule has 102 valence electrons. The summed E-state index contributed by atoms with van der Waals surface area (Å²) >= 11 is 5.10. The minimum absolute atomic E-state index is 0.229. The average molecular weight is 333 g/mol. The molecule has 0 aliphatic heterocycles. The fourth-order valence-electron chi connectivity index (χ4n) is 1.72. The van der Waals surface area contributed by atoms with Crippen molar-refractivity contribution in [3.8, 4) is 0 Å². The van der Waals surface area contributed by atoms with Crippen molar-refractivity contribution in [2.45, 2.75) is 38.6 Å². The standard InChI is InChI=1S/C13H21BrN2OS/c1-16(9-12-8-11(14)10-18-12)13(17)6-4-2-3-5-7-15/h8,10H,2-7,9,15H2,1H3. The predicted octanol–water partition coefficient (Wildman–Crippen LogP) is 3.38. The maximum atomic E-state index is 11.9. The molecule has 3 nitrogen and oxygen atoms in total. The first-order valence-electron chi connectivity index (χ1n) is 6.30. The lowest BCUT2D eigenvalue weighted by atomic mass is 10.1. The van der Waals surface area contributed by atoms with Gasteiger partial charge in [-0.05, 0) is 41.4 Å². The lowest BCUT2D eigenvalue weighted by Crippen LogP contribution is -2.25. The first-order chi connectivity index (χ1) is 8.63. The van der Waals surface area contributed by atoms with Gasteiger partial charge in [-0.2, -0.15) is 0 Å². The van der Waals surface area contributed by atoms with Crippen molar-refractivity contribution >= 4 is 33.2 Å². The van der Waals surface area contributed by atoms with Crippen molar-refractivity contribution in [1.29, 1.82) is 0 Å². The summed E-state index contributed by atoms with van der Waals surface area (Å²) < 4.78 is 1.09. The van der Waals surface area contributed by atoms with Crippen molar-refractivity contribution in [3.63, 3.8) is 0 Å². The van der Waals surface area contributed by atoms with E-state index < -0.39 is 0 Å². The molecule has 0 unspecified atom stereocenters. The van der Waals surface area contributed by atoms with Gasteiger partial charge in [-0.15, -0.1) is 11.3 Å². The molecule has 1 aromatic heterocycles. The second kappa shape index (κ2) is 8.67. The maximum Gasteiger partial charge on any atom is 0.222 e. The van der Waals surface area contributed by atoms with E-state index in [1.165, 1.54) is 4.88 Å². The molecule has 1 aromatic rings. The molecule has 2 N–H and O–H groups in total. The Kier molecular flexibility index (Phi) is 7.54. The number of halogens is 1. The number of rotatable bonds is 8. The summed E-state index contributed by atoms with van der Waals surface area (Å²) in [6.07, 6.45) is 4.91. The number of unbranched alkanes of at least 4 members (excludes halogenated alkanes) is 3. The Balaban J connectivity index is 2.20. The van der Waals surface area contributed by atoms with Crippen molar-refractivity contribution in [2.24, 2.45) is 5.73 Å². The number of nitrogens with two attached hydrogens (primary N) is 1. The molecular formula is C13H21BrN2OS. The Labute approximate surface area is 121 Å². The van der Waals surface area contributed by atoms with Crippen LogP contribution in [0.15, 0.2) is 15.9 Å². The normalized spacial score (nSPS) is 10.6. The van der Waals surface area contributed by atoms with Crippen LogP contribution in [0.25, 0.3) is 0 Å². The van der Waals surface area contributed by atoms with Crippen LogP contribution in [0.3, 0.4) is 0 Å². The van der Waals surface area contributed by atoms with Gasteiger partial charge in [0.15, 0.2) is 0 Å². The average Bonchev–Trinajstić information content (AvgIpc) is 2.74. The number of thiophene rings is 1. The second-order valence-electron chi connectivity index (χ2n) is 4.43. The van der Waals surface area contributed by atoms with Crippen molar-refractivity contribution < 1.29 is 4.79 Å². The highest BCUT2D eigenvalue weighted by molar-refractivity contribution is 9.10. The maximum absolute atomic E-state index is 11.9. The van der Waals surface area contributed by atoms with Gasteiger partial charge in [0.05, 0.1) is 6.54 Å². The number of hydrogen-bond donors (Lipinski definition) is 1. The van der Waals surface area contributed by atoms with Gasteiger partial charge in [-0.1, -0.05) is 12.8 Å². The molecule has 0 bridgehead atoms. The van der Waals surface area contributed by atoms with Crippen LogP contribution in [-0.2, 0) is 11.3 Å². The number of carbonyl (C=O) groups excluding carboxylic acids is 1. The highest BCUT2D eigenvalue weighted by Gasteiger charge is 2.09. The summed E-state index contributed by atoms with van der Waals surface area (Å²) in [5, 5.41) is 2.04. The van der Waals surface area contributed by atoms with Gasteiger partial charge in [0.1, 0.15) is 0 Å². The van der Waals surface area contributed by atoms with Crippen LogP contribution in [0.2, 0.25) is 0 Å². The van der Waals surface area contributed by atoms with Crippen LogP contribution < -0.4 is 5.73 Å². The van der Waals surface area contributed by atoms with Gasteiger partial charge >= 0.3 is 0 Å². The van der Waals surface area contributed by atoms with Gasteiger partial charge in [0.2, 0.25) is 5.91 Å². The number of hydrogen-bond acceptors (Lipinski definition) is 3. The molecule has 0 radical (unpaired) electrons. The van der Waals surface area contributed by atoms with E-state index in [0.29, 0.717) is 13.0 Å². The quantitative estimate of drug-likeness (QED) is 0.742. The van der Waals surface area contributed by atoms with E-state index in [4.69, 9.17) is 5.73 Å². The minimum Gasteiger partial charge on any atom is -0.341 e. The lowest BCUT2D eigenvalue weighted by Gasteiger charge is -2.16. The van der Waals surface area contributed by atoms with E-state index in [9.17, 15) is 4.79 Å². The van der Waals surface area contributed by atoms with Crippen molar-refractivity contribution in [3.05, 3.63) is 20.8 Å². The molecule has 0 fully saturated rings. The molecule has 18 heavy (non-hydrogen) atoms. The molecule has 1 amide bonds. The number of amides is 1. The van der Waals surface area contributed by atoms with Crippen LogP contribution in [0, 0.1) is 0 Å². The Hall–Kier alpha value is -0.390. The smallest absolute Gasteiger partial charge is 0.222 e. The highest BCUT2D eigenvalue weighted by atomic mass is 79.9. The molecule has 0 aliphatic rings. The minimum atomic E-state index is 0.229. The Morgan fingerprint density at radius 2 is 2.11 bits per heavy atom. The second-order valence-corrected chi connectivity index (χ2v) is 6.35. The largest absolute Gasteiger partial charge is 0.341 e. The molecule has 0 atom stereocenters. The number of nitrogens with zero attached hydrogens (tertiary/aromatic N) is 1. The fraction of sp³-hybridized carbons (Fsp3) is 0.615. The first-order valence-corrected chi connectivity index (χ1v) is 7.97. The van der Waals surface area contributed by atoms with Gasteiger partial charge < -0.3 is 10.6 Å². The van der Waals surface area contributed by atoms with Gasteiger partial charge in [0.25, 0.3) is 0 Å². The highest BCUT2D eigenvalue weighted by Crippen LogP contribution is 2.21. The predicted molar refractivity (Wildman–Crippen MR) is 80.6 cm³/mol. The third kappa shape index (κ3) is 5.98. The Bertz CT molecular complexity index is 368. The van der Waals surface area contributed by atoms with E-state index in [1.807, 2.05) is 12.4 Å². The molecular weight excluding hydrogens is 312 g/mol. The van der Waals surface area contributed by atoms with E-state index in [2.05, 4.69) is 22.0 Å². The van der Waals surface area contributed by atoms with Crippen LogP contribution >= 0.6 is 27.3 Å². The molecule has 0 saturated heterocycles. The molecule has 5 heteroatoms. The van der Waals surface area contributed by atoms with Crippen molar-refractivity contribution in [2.75, 3.05) is 13.6 Å². The summed E-state index contributed by atoms with van der Waals surface area (Å²) in [5.74, 6) is 0.229. The molecule has 1 rings (SSSR count). The summed E-state index contributed by atoms with van der Waals surface area (Å²) in [6, 6.07) is 2.07. The van der Waals surface area contributed by atoms with Gasteiger partial charge in [0, 0.05) is 28.2 Å². The Morgan fingerprint density at radius 1 is 1.39 bits per heavy atom. The zero-order chi connectivity index (χ0) is 13.4. The fourth-order valence-corrected chi connectivity index (χ4v) is 3.23. The van der Waals surface area contributed by atoms with Crippen LogP contribution in [0.5, 0.6) is 0 Å². The molecule has 1 heterocycles. The summed E-state index contributed by atoms with van der Waals surface area (Å²) in [6.45, 7) is 1.46. The zero-order valence-corrected chi connectivity index (χ0v) is 13.2. The van der Waals surface area contributed by atoms with Crippen molar-refractivity contribution in [1.82, 2.24) is 4.90 Å². The van der Waals surface area contributed by atoms with Crippen LogP contribution in [0.4, 0.5) is 0 Å². The topological polar surface area (TPSA) is 46.3 Å². The SMILES string of the molecule is CN(Cc1cc(Br)cs1)C(=O)CCCCCCN. The lowest BCUT2D eigenvalue weighted by molar-refractivity contribution is -0.130. The van der Waals surface area contributed by atoms with Crippen LogP contribution in [0.1, 0.15) is 37.0 Å². The van der Waals surface area contributed by atoms with E-state index in [1.54, 1.807) is 16.2 Å². The molecule has 0 saturated carbocycles. The molecule has 0 spiro atoms. The van der Waals surface area contributed by atoms with E-state index in [-0.39, 0.29) is 5.91 Å². The zero-order valence-electron chi connectivity index (χ0n) is 10.8. The summed E-state index contributed by atoms with van der Waals surface area (Å²) in [4.78, 5) is 14.9. The molecule has 0 aliphatic carbocycles. The Morgan fingerprint density at radius 3 is 2.72 bits per heavy atom. The third-order valence-electron chi connectivity index (χ3n) is 2.79. The summed E-state index contributed by atoms with van der Waals surface area (Å²) in [7, 11) is 1.87. The van der Waals surface area contributed by atoms with Gasteiger partial charge in [-0.25, -0.2) is 0 Å². The first kappa shape index (κ1) is 15.7. The van der Waals surface area contributed by atoms with E-state index >= 15 is 0 Å². The van der Waals surface area contributed by atoms with Gasteiger partial charge in [-0.3, -0.25) is 4.79 Å². The number of carbonyl (C=O) groups is 1. The summed E-state index contributed by atoms with van der Waals surface area (Å²) in [5.41, 5.74) is 5.43. The van der Waals surface area contributed by atoms with E-state index in [0.717, 1.165) is 36.7 Å². The monoisotopic (exact) mass is 332 g/mol. The van der Waals surface area contributed by atoms with Crippen LogP contribution in [-0.4, -0.2) is 24.4 Å².